The normalized spacial score (nSPS) is 17.3. The molecule has 8 nitrogen and oxygen atoms in total. The van der Waals surface area contributed by atoms with Gasteiger partial charge >= 0.3 is 0 Å². The van der Waals surface area contributed by atoms with E-state index < -0.39 is 0 Å². The monoisotopic (exact) mass is 669 g/mol. The van der Waals surface area contributed by atoms with E-state index in [1.165, 1.54) is 16.7 Å². The minimum Gasteiger partial charge on any atom is -0.490 e. The van der Waals surface area contributed by atoms with Crippen molar-refractivity contribution in [2.45, 2.75) is 13.5 Å². The number of morpholine rings is 1. The molecule has 0 aliphatic carbocycles. The molecule has 2 aliphatic rings. The van der Waals surface area contributed by atoms with Gasteiger partial charge in [-0.2, -0.15) is 0 Å². The summed E-state index contributed by atoms with van der Waals surface area (Å²) >= 11 is 10.9. The maximum absolute atomic E-state index is 13.1. The van der Waals surface area contributed by atoms with Crippen LogP contribution in [0.1, 0.15) is 28.4 Å². The molecule has 0 N–H and O–H groups in total. The fourth-order valence-electron chi connectivity index (χ4n) is 4.38. The van der Waals surface area contributed by atoms with E-state index in [0.29, 0.717) is 81.8 Å². The lowest BCUT2D eigenvalue weighted by molar-refractivity contribution is -0.121. The minimum atomic E-state index is -0.170. The molecule has 0 unspecified atom stereocenters. The highest BCUT2D eigenvalue weighted by atomic mass is 79.9. The van der Waals surface area contributed by atoms with E-state index in [1.807, 2.05) is 49.4 Å². The van der Waals surface area contributed by atoms with Crippen LogP contribution in [0, 0.1) is 0 Å². The van der Waals surface area contributed by atoms with Crippen molar-refractivity contribution in [3.05, 3.63) is 91.8 Å². The molecule has 0 spiro atoms. The Morgan fingerprint density at radius 2 is 1.88 bits per heavy atom. The molecule has 0 bridgehead atoms. The summed E-state index contributed by atoms with van der Waals surface area (Å²) in [6.07, 6.45) is 1.81. The Balaban J connectivity index is 1.35. The van der Waals surface area contributed by atoms with Gasteiger partial charge in [0, 0.05) is 30.7 Å². The Bertz CT molecular complexity index is 1540. The fourth-order valence-corrected chi connectivity index (χ4v) is 6.07. The molecule has 5 rings (SSSR count). The van der Waals surface area contributed by atoms with Gasteiger partial charge in [0.25, 0.3) is 11.8 Å². The molecule has 218 valence electrons. The molecular weight excluding hydrogens is 642 g/mol. The highest BCUT2D eigenvalue weighted by Crippen LogP contribution is 2.40. The summed E-state index contributed by atoms with van der Waals surface area (Å²) in [5, 5.41) is 1.19. The van der Waals surface area contributed by atoms with Crippen molar-refractivity contribution in [2.75, 3.05) is 40.0 Å². The summed E-state index contributed by atoms with van der Waals surface area (Å²) in [7, 11) is 1.69. The lowest BCUT2D eigenvalue weighted by Gasteiger charge is -2.26. The number of benzene rings is 3. The lowest BCUT2D eigenvalue weighted by Crippen LogP contribution is -2.40. The van der Waals surface area contributed by atoms with Crippen LogP contribution in [0.25, 0.3) is 6.08 Å². The molecule has 11 heteroatoms. The second-order valence-electron chi connectivity index (χ2n) is 9.50. The molecule has 2 aliphatic heterocycles. The second-order valence-corrected chi connectivity index (χ2v) is 11.8. The first kappa shape index (κ1) is 30.2. The zero-order valence-corrected chi connectivity index (χ0v) is 26.3. The number of likely N-dealkylation sites (N-methyl/N-ethyl adjacent to an activating group) is 1. The molecule has 2 fully saturated rings. The lowest BCUT2D eigenvalue weighted by atomic mass is 10.1. The van der Waals surface area contributed by atoms with Gasteiger partial charge in [0.1, 0.15) is 6.61 Å². The van der Waals surface area contributed by atoms with Crippen molar-refractivity contribution in [3.63, 3.8) is 0 Å². The smallest absolute Gasteiger partial charge is 0.266 e. The predicted molar refractivity (Wildman–Crippen MR) is 170 cm³/mol. The van der Waals surface area contributed by atoms with Gasteiger partial charge in [-0.05, 0) is 94.3 Å². The number of nitrogens with zero attached hydrogens (tertiary/aromatic N) is 3. The Morgan fingerprint density at radius 3 is 2.62 bits per heavy atom. The molecule has 3 aromatic rings. The predicted octanol–water partition coefficient (Wildman–Crippen LogP) is 6.79. The van der Waals surface area contributed by atoms with Gasteiger partial charge < -0.3 is 19.1 Å². The number of thioether (sulfide) groups is 1. The fraction of sp³-hybridized carbons (Fsp3) is 0.258. The molecule has 0 saturated carbocycles. The Labute approximate surface area is 262 Å². The Hall–Kier alpha value is -3.31. The standard InChI is InChI=1S/C31H29BrClN3O5S/c1-3-40-26-16-21(15-25(32)28(26)41-19-20-7-9-23(33)10-8-20)17-27-30(38)35(2)31(42-27)34-24-6-4-5-22(18-24)29(37)36-11-13-39-14-12-36/h4-10,15-18H,3,11-14,19H2,1-2H3/b27-17+,34-31?. The van der Waals surface area contributed by atoms with Crippen molar-refractivity contribution >= 4 is 68.0 Å². The Kier molecular flexibility index (Phi) is 9.89. The molecular formula is C31H29BrClN3O5S. The number of halogens is 2. The third-order valence-corrected chi connectivity index (χ3v) is 8.45. The summed E-state index contributed by atoms with van der Waals surface area (Å²) < 4.78 is 18.0. The van der Waals surface area contributed by atoms with Crippen molar-refractivity contribution in [3.8, 4) is 11.5 Å². The SMILES string of the molecule is CCOc1cc(/C=C2/SC(=Nc3cccc(C(=O)N4CCOCC4)c3)N(C)C2=O)cc(Br)c1OCc1ccc(Cl)cc1. The van der Waals surface area contributed by atoms with E-state index in [1.54, 1.807) is 36.2 Å². The van der Waals surface area contributed by atoms with E-state index in [4.69, 9.17) is 30.8 Å². The van der Waals surface area contributed by atoms with Crippen molar-refractivity contribution in [1.29, 1.82) is 0 Å². The van der Waals surface area contributed by atoms with Gasteiger partial charge in [0.2, 0.25) is 0 Å². The van der Waals surface area contributed by atoms with Crippen molar-refractivity contribution in [2.24, 2.45) is 4.99 Å². The Morgan fingerprint density at radius 1 is 1.12 bits per heavy atom. The highest BCUT2D eigenvalue weighted by Gasteiger charge is 2.31. The summed E-state index contributed by atoms with van der Waals surface area (Å²) in [5.74, 6) is 0.912. The van der Waals surface area contributed by atoms with Crippen molar-refractivity contribution < 1.29 is 23.8 Å². The van der Waals surface area contributed by atoms with Gasteiger partial charge in [-0.25, -0.2) is 4.99 Å². The molecule has 3 aromatic carbocycles. The number of carbonyl (C=O) groups is 2. The quantitative estimate of drug-likeness (QED) is 0.246. The molecule has 2 saturated heterocycles. The molecule has 0 aromatic heterocycles. The number of hydrogen-bond acceptors (Lipinski definition) is 7. The van der Waals surface area contributed by atoms with Gasteiger partial charge in [0.15, 0.2) is 16.7 Å². The number of ether oxygens (including phenoxy) is 3. The van der Waals surface area contributed by atoms with E-state index >= 15 is 0 Å². The van der Waals surface area contributed by atoms with Gasteiger partial charge in [-0.3, -0.25) is 14.5 Å². The largest absolute Gasteiger partial charge is 0.490 e. The van der Waals surface area contributed by atoms with Crippen LogP contribution in [0.3, 0.4) is 0 Å². The number of amides is 2. The van der Waals surface area contributed by atoms with Gasteiger partial charge in [-0.1, -0.05) is 29.8 Å². The van der Waals surface area contributed by atoms with Gasteiger partial charge in [-0.15, -0.1) is 0 Å². The number of rotatable bonds is 8. The zero-order valence-electron chi connectivity index (χ0n) is 23.1. The molecule has 0 radical (unpaired) electrons. The molecule has 42 heavy (non-hydrogen) atoms. The highest BCUT2D eigenvalue weighted by molar-refractivity contribution is 9.10. The van der Waals surface area contributed by atoms with Crippen LogP contribution in [0.4, 0.5) is 5.69 Å². The first-order valence-corrected chi connectivity index (χ1v) is 15.4. The first-order chi connectivity index (χ1) is 20.3. The topological polar surface area (TPSA) is 80.7 Å². The van der Waals surface area contributed by atoms with E-state index in [2.05, 4.69) is 15.9 Å². The number of hydrogen-bond donors (Lipinski definition) is 0. The van der Waals surface area contributed by atoms with Crippen LogP contribution in [-0.4, -0.2) is 66.7 Å². The number of carbonyl (C=O) groups excluding carboxylic acids is 2. The van der Waals surface area contributed by atoms with Crippen molar-refractivity contribution in [1.82, 2.24) is 9.80 Å². The van der Waals surface area contributed by atoms with Crippen LogP contribution < -0.4 is 9.47 Å². The van der Waals surface area contributed by atoms with E-state index in [-0.39, 0.29) is 11.8 Å². The van der Waals surface area contributed by atoms with Crippen LogP contribution in [0.15, 0.2) is 75.0 Å². The maximum atomic E-state index is 13.1. The number of aliphatic imine (C=N–C) groups is 1. The maximum Gasteiger partial charge on any atom is 0.266 e. The van der Waals surface area contributed by atoms with Crippen LogP contribution in [0.5, 0.6) is 11.5 Å². The summed E-state index contributed by atoms with van der Waals surface area (Å²) in [6.45, 7) is 4.89. The van der Waals surface area contributed by atoms with E-state index in [9.17, 15) is 9.59 Å². The third-order valence-electron chi connectivity index (χ3n) is 6.55. The van der Waals surface area contributed by atoms with E-state index in [0.717, 1.165) is 11.1 Å². The summed E-state index contributed by atoms with van der Waals surface area (Å²) in [5.41, 5.74) is 2.89. The average Bonchev–Trinajstić information content (AvgIpc) is 3.25. The molecule has 2 heterocycles. The number of amidine groups is 1. The average molecular weight is 671 g/mol. The van der Waals surface area contributed by atoms with Crippen LogP contribution in [-0.2, 0) is 16.1 Å². The second kappa shape index (κ2) is 13.8. The summed E-state index contributed by atoms with van der Waals surface area (Å²) in [4.78, 5) is 34.6. The van der Waals surface area contributed by atoms with Crippen LogP contribution in [0.2, 0.25) is 5.02 Å². The minimum absolute atomic E-state index is 0.0549. The molecule has 0 atom stereocenters. The molecule has 2 amide bonds. The van der Waals surface area contributed by atoms with Crippen LogP contribution >= 0.6 is 39.3 Å². The summed E-state index contributed by atoms with van der Waals surface area (Å²) in [6, 6.07) is 18.3. The van der Waals surface area contributed by atoms with Gasteiger partial charge in [0.05, 0.1) is 34.9 Å². The zero-order chi connectivity index (χ0) is 29.6. The third kappa shape index (κ3) is 7.18. The first-order valence-electron chi connectivity index (χ1n) is 13.4.